The third-order valence-electron chi connectivity index (χ3n) is 4.59. The van der Waals surface area contributed by atoms with Crippen LogP contribution in [0, 0.1) is 0 Å². The molecule has 0 saturated carbocycles. The fourth-order valence-electron chi connectivity index (χ4n) is 3.21. The maximum Gasteiger partial charge on any atom is 0.166 e. The van der Waals surface area contributed by atoms with Gasteiger partial charge in [-0.1, -0.05) is 91.0 Å². The molecule has 3 aromatic rings. The number of benzene rings is 3. The van der Waals surface area contributed by atoms with Crippen molar-refractivity contribution in [1.82, 2.24) is 5.48 Å². The maximum absolute atomic E-state index is 12.9. The molecule has 0 saturated heterocycles. The fourth-order valence-corrected chi connectivity index (χ4v) is 3.21. The lowest BCUT2D eigenvalue weighted by atomic mass is 9.86. The van der Waals surface area contributed by atoms with Crippen molar-refractivity contribution in [2.45, 2.75) is 12.0 Å². The Bertz CT molecular complexity index is 920. The maximum atomic E-state index is 12.9. The Labute approximate surface area is 152 Å². The first-order valence-electron chi connectivity index (χ1n) is 8.63. The molecule has 0 fully saturated rings. The van der Waals surface area contributed by atoms with Crippen molar-refractivity contribution in [3.63, 3.8) is 0 Å². The quantitative estimate of drug-likeness (QED) is 0.682. The molecule has 0 unspecified atom stereocenters. The number of nitrogens with one attached hydrogen (secondary N) is 1. The SMILES string of the molecule is O=C(C[C@]1(c2ccccc2)C=C(c2ccccc2)NO1)c1ccccc1. The van der Waals surface area contributed by atoms with E-state index in [9.17, 15) is 4.79 Å². The summed E-state index contributed by atoms with van der Waals surface area (Å²) in [6.45, 7) is 0. The Morgan fingerprint density at radius 2 is 1.38 bits per heavy atom. The summed E-state index contributed by atoms with van der Waals surface area (Å²) in [7, 11) is 0. The Kier molecular flexibility index (Phi) is 4.38. The predicted molar refractivity (Wildman–Crippen MR) is 102 cm³/mol. The summed E-state index contributed by atoms with van der Waals surface area (Å²) >= 11 is 0. The molecule has 1 heterocycles. The van der Waals surface area contributed by atoms with E-state index in [4.69, 9.17) is 4.84 Å². The second-order valence-electron chi connectivity index (χ2n) is 6.35. The number of Topliss-reactive ketones (excluding diaryl/α,β-unsaturated/α-hetero) is 1. The van der Waals surface area contributed by atoms with Crippen LogP contribution in [0.3, 0.4) is 0 Å². The first-order valence-corrected chi connectivity index (χ1v) is 8.63. The van der Waals surface area contributed by atoms with Crippen molar-refractivity contribution in [3.8, 4) is 0 Å². The normalized spacial score (nSPS) is 18.8. The molecule has 1 N–H and O–H groups in total. The molecule has 0 aliphatic carbocycles. The van der Waals surface area contributed by atoms with E-state index in [0.29, 0.717) is 5.56 Å². The van der Waals surface area contributed by atoms with Crippen molar-refractivity contribution in [2.24, 2.45) is 0 Å². The highest BCUT2D eigenvalue weighted by molar-refractivity contribution is 5.97. The van der Waals surface area contributed by atoms with Gasteiger partial charge in [-0.3, -0.25) is 15.1 Å². The molecule has 3 aromatic carbocycles. The van der Waals surface area contributed by atoms with Crippen molar-refractivity contribution in [1.29, 1.82) is 0 Å². The minimum atomic E-state index is -0.834. The summed E-state index contributed by atoms with van der Waals surface area (Å²) in [4.78, 5) is 18.9. The van der Waals surface area contributed by atoms with E-state index < -0.39 is 5.60 Å². The average Bonchev–Trinajstić information content (AvgIpc) is 3.15. The van der Waals surface area contributed by atoms with E-state index in [2.05, 4.69) is 5.48 Å². The molecule has 3 heteroatoms. The number of hydrogen-bond acceptors (Lipinski definition) is 3. The zero-order chi connectivity index (χ0) is 17.8. The third kappa shape index (κ3) is 3.17. The third-order valence-corrected chi connectivity index (χ3v) is 4.59. The summed E-state index contributed by atoms with van der Waals surface area (Å²) in [5.41, 5.74) is 5.73. The van der Waals surface area contributed by atoms with Crippen molar-refractivity contribution < 1.29 is 9.63 Å². The number of carbonyl (C=O) groups excluding carboxylic acids is 1. The lowest BCUT2D eigenvalue weighted by Crippen LogP contribution is -2.30. The zero-order valence-electron chi connectivity index (χ0n) is 14.3. The highest BCUT2D eigenvalue weighted by Gasteiger charge is 2.39. The van der Waals surface area contributed by atoms with Gasteiger partial charge in [0.1, 0.15) is 5.60 Å². The molecule has 1 atom stereocenters. The minimum Gasteiger partial charge on any atom is -0.294 e. The van der Waals surface area contributed by atoms with Gasteiger partial charge in [0.25, 0.3) is 0 Å². The first-order chi connectivity index (χ1) is 12.8. The van der Waals surface area contributed by atoms with Gasteiger partial charge in [0.15, 0.2) is 5.78 Å². The summed E-state index contributed by atoms with van der Waals surface area (Å²) in [5, 5.41) is 0. The summed E-state index contributed by atoms with van der Waals surface area (Å²) in [5.74, 6) is 0.0433. The molecule has 0 amide bonds. The van der Waals surface area contributed by atoms with Gasteiger partial charge >= 0.3 is 0 Å². The minimum absolute atomic E-state index is 0.0433. The monoisotopic (exact) mass is 341 g/mol. The molecule has 0 radical (unpaired) electrons. The van der Waals surface area contributed by atoms with Crippen LogP contribution in [0.15, 0.2) is 97.1 Å². The van der Waals surface area contributed by atoms with Crippen molar-refractivity contribution in [3.05, 3.63) is 114 Å². The van der Waals surface area contributed by atoms with Gasteiger partial charge in [-0.25, -0.2) is 0 Å². The van der Waals surface area contributed by atoms with Gasteiger partial charge < -0.3 is 0 Å². The molecular formula is C23H19NO2. The summed E-state index contributed by atoms with van der Waals surface area (Å²) < 4.78 is 0. The van der Waals surface area contributed by atoms with E-state index in [1.165, 1.54) is 0 Å². The summed E-state index contributed by atoms with van der Waals surface area (Å²) in [6, 6.07) is 29.2. The fraction of sp³-hybridized carbons (Fsp3) is 0.0870. The molecule has 1 aliphatic rings. The molecule has 0 bridgehead atoms. The lowest BCUT2D eigenvalue weighted by Gasteiger charge is -2.25. The second kappa shape index (κ2) is 6.98. The topological polar surface area (TPSA) is 38.3 Å². The summed E-state index contributed by atoms with van der Waals surface area (Å²) in [6.07, 6.45) is 2.24. The second-order valence-corrected chi connectivity index (χ2v) is 6.35. The molecule has 3 nitrogen and oxygen atoms in total. The Balaban J connectivity index is 1.73. The average molecular weight is 341 g/mol. The van der Waals surface area contributed by atoms with Gasteiger partial charge in [-0.15, -0.1) is 0 Å². The van der Waals surface area contributed by atoms with Crippen LogP contribution in [-0.4, -0.2) is 5.78 Å². The molecule has 128 valence electrons. The van der Waals surface area contributed by atoms with Gasteiger partial charge in [0.05, 0.1) is 12.1 Å². The van der Waals surface area contributed by atoms with Crippen LogP contribution in [0.2, 0.25) is 0 Å². The molecule has 4 rings (SSSR count). The standard InChI is InChI=1S/C23H19NO2/c25-22(19-12-6-2-7-13-19)17-23(20-14-8-3-9-15-20)16-21(24-26-23)18-10-4-1-5-11-18/h1-16,24H,17H2/t23-/m0/s1. The van der Waals surface area contributed by atoms with E-state index in [0.717, 1.165) is 16.8 Å². The molecule has 26 heavy (non-hydrogen) atoms. The van der Waals surface area contributed by atoms with Gasteiger partial charge in [0, 0.05) is 5.56 Å². The highest BCUT2D eigenvalue weighted by Crippen LogP contribution is 2.38. The lowest BCUT2D eigenvalue weighted by molar-refractivity contribution is -0.0388. The molecule has 0 spiro atoms. The predicted octanol–water partition coefficient (Wildman–Crippen LogP) is 4.73. The van der Waals surface area contributed by atoms with Crippen LogP contribution in [0.5, 0.6) is 0 Å². The number of hydroxylamine groups is 1. The number of ketones is 1. The van der Waals surface area contributed by atoms with Crippen molar-refractivity contribution in [2.75, 3.05) is 0 Å². The highest BCUT2D eigenvalue weighted by atomic mass is 16.7. The molecule has 1 aliphatic heterocycles. The van der Waals surface area contributed by atoms with Gasteiger partial charge in [0.2, 0.25) is 0 Å². The van der Waals surface area contributed by atoms with Crippen LogP contribution in [0.4, 0.5) is 0 Å². The Morgan fingerprint density at radius 3 is 2.04 bits per heavy atom. The molecule has 0 aromatic heterocycles. The van der Waals surface area contributed by atoms with E-state index in [-0.39, 0.29) is 12.2 Å². The van der Waals surface area contributed by atoms with E-state index in [1.54, 1.807) is 0 Å². The molecular weight excluding hydrogens is 322 g/mol. The number of carbonyl (C=O) groups is 1. The van der Waals surface area contributed by atoms with Gasteiger partial charge in [-0.05, 0) is 17.2 Å². The van der Waals surface area contributed by atoms with Crippen LogP contribution < -0.4 is 5.48 Å². The largest absolute Gasteiger partial charge is 0.294 e. The number of hydrogen-bond donors (Lipinski definition) is 1. The Morgan fingerprint density at radius 1 is 0.808 bits per heavy atom. The zero-order valence-corrected chi connectivity index (χ0v) is 14.3. The Hall–Kier alpha value is -3.17. The van der Waals surface area contributed by atoms with E-state index in [1.807, 2.05) is 97.1 Å². The van der Waals surface area contributed by atoms with Crippen LogP contribution in [0.1, 0.15) is 27.9 Å². The van der Waals surface area contributed by atoms with E-state index >= 15 is 0 Å². The van der Waals surface area contributed by atoms with Crippen LogP contribution in [-0.2, 0) is 10.4 Å². The number of rotatable bonds is 5. The first kappa shape index (κ1) is 16.3. The smallest absolute Gasteiger partial charge is 0.166 e. The van der Waals surface area contributed by atoms with Gasteiger partial charge in [-0.2, -0.15) is 0 Å². The van der Waals surface area contributed by atoms with Crippen LogP contribution in [0.25, 0.3) is 5.70 Å². The van der Waals surface area contributed by atoms with Crippen molar-refractivity contribution >= 4 is 11.5 Å². The van der Waals surface area contributed by atoms with Crippen LogP contribution >= 0.6 is 0 Å².